The molecule has 0 spiro atoms. The molecule has 4 aromatic rings. The minimum Gasteiger partial charge on any atom is -0.478 e. The number of rotatable bonds is 6. The third kappa shape index (κ3) is 4.39. The van der Waals surface area contributed by atoms with Gasteiger partial charge in [-0.2, -0.15) is 4.98 Å². The summed E-state index contributed by atoms with van der Waals surface area (Å²) >= 11 is 0. The first kappa shape index (κ1) is 19.6. The molecule has 0 saturated carbocycles. The summed E-state index contributed by atoms with van der Waals surface area (Å²) in [6.45, 7) is 5.80. The molecule has 1 aliphatic heterocycles. The van der Waals surface area contributed by atoms with Crippen LogP contribution in [0.2, 0.25) is 0 Å². The zero-order chi connectivity index (χ0) is 21.0. The van der Waals surface area contributed by atoms with Gasteiger partial charge in [0.25, 0.3) is 0 Å². The molecule has 158 valence electrons. The van der Waals surface area contributed by atoms with Gasteiger partial charge in [0.05, 0.1) is 6.61 Å². The van der Waals surface area contributed by atoms with Crippen LogP contribution in [-0.4, -0.2) is 54.2 Å². The van der Waals surface area contributed by atoms with Crippen molar-refractivity contribution in [1.29, 1.82) is 0 Å². The fourth-order valence-electron chi connectivity index (χ4n) is 4.25. The van der Waals surface area contributed by atoms with E-state index in [1.807, 2.05) is 12.1 Å². The van der Waals surface area contributed by atoms with Crippen molar-refractivity contribution >= 4 is 27.5 Å². The first-order valence-electron chi connectivity index (χ1n) is 10.8. The van der Waals surface area contributed by atoms with Crippen LogP contribution in [0.1, 0.15) is 6.42 Å². The highest BCUT2D eigenvalue weighted by atomic mass is 16.5. The van der Waals surface area contributed by atoms with Gasteiger partial charge in [0.15, 0.2) is 0 Å². The molecule has 3 heterocycles. The standard InChI is InChI=1S/C25H26N4O2/c30-23-11-9-20-10-12-24(27-25(20)26-23)31-18-4-13-28-14-16-29(17-15-28)22-8-3-6-19-5-1-2-7-21(19)22/h1-3,5-12H,4,13-18H2,(H,26,27,30). The lowest BCUT2D eigenvalue weighted by Gasteiger charge is -2.36. The van der Waals surface area contributed by atoms with Gasteiger partial charge in [0.1, 0.15) is 5.65 Å². The fourth-order valence-corrected chi connectivity index (χ4v) is 4.25. The van der Waals surface area contributed by atoms with Crippen LogP contribution in [0.5, 0.6) is 5.88 Å². The Hall–Kier alpha value is -3.38. The van der Waals surface area contributed by atoms with Crippen molar-refractivity contribution in [2.75, 3.05) is 44.2 Å². The van der Waals surface area contributed by atoms with E-state index in [1.54, 1.807) is 6.07 Å². The van der Waals surface area contributed by atoms with Gasteiger partial charge in [-0.15, -0.1) is 0 Å². The number of aromatic amines is 1. The molecule has 2 aromatic carbocycles. The molecule has 31 heavy (non-hydrogen) atoms. The molecule has 0 radical (unpaired) electrons. The maximum Gasteiger partial charge on any atom is 0.249 e. The maximum atomic E-state index is 11.5. The van der Waals surface area contributed by atoms with E-state index in [2.05, 4.69) is 62.2 Å². The quantitative estimate of drug-likeness (QED) is 0.488. The van der Waals surface area contributed by atoms with Crippen LogP contribution >= 0.6 is 0 Å². The second kappa shape index (κ2) is 8.78. The largest absolute Gasteiger partial charge is 0.478 e. The molecule has 0 amide bonds. The Morgan fingerprint density at radius 1 is 0.871 bits per heavy atom. The summed E-state index contributed by atoms with van der Waals surface area (Å²) in [5, 5.41) is 3.53. The summed E-state index contributed by atoms with van der Waals surface area (Å²) in [5.41, 5.74) is 1.75. The lowest BCUT2D eigenvalue weighted by Crippen LogP contribution is -2.46. The normalized spacial score (nSPS) is 14.9. The molecule has 1 N–H and O–H groups in total. The number of benzene rings is 2. The summed E-state index contributed by atoms with van der Waals surface area (Å²) in [6.07, 6.45) is 0.944. The second-order valence-electron chi connectivity index (χ2n) is 7.94. The van der Waals surface area contributed by atoms with Crippen molar-refractivity contribution in [3.05, 3.63) is 77.1 Å². The average molecular weight is 415 g/mol. The zero-order valence-electron chi connectivity index (χ0n) is 17.5. The van der Waals surface area contributed by atoms with Crippen LogP contribution in [-0.2, 0) is 0 Å². The third-order valence-electron chi connectivity index (χ3n) is 5.90. The van der Waals surface area contributed by atoms with Gasteiger partial charge in [-0.25, -0.2) is 0 Å². The molecule has 0 aliphatic carbocycles. The van der Waals surface area contributed by atoms with Gasteiger partial charge in [-0.1, -0.05) is 36.4 Å². The van der Waals surface area contributed by atoms with Crippen LogP contribution in [0, 0.1) is 0 Å². The first-order valence-corrected chi connectivity index (χ1v) is 10.8. The number of nitrogens with one attached hydrogen (secondary N) is 1. The summed E-state index contributed by atoms with van der Waals surface area (Å²) < 4.78 is 5.81. The number of H-pyrrole nitrogens is 1. The molecule has 1 aliphatic rings. The van der Waals surface area contributed by atoms with Crippen LogP contribution in [0.4, 0.5) is 5.69 Å². The highest BCUT2D eigenvalue weighted by Gasteiger charge is 2.18. The molecule has 6 nitrogen and oxygen atoms in total. The van der Waals surface area contributed by atoms with Crippen LogP contribution in [0.25, 0.3) is 21.8 Å². The Morgan fingerprint density at radius 2 is 1.68 bits per heavy atom. The molecule has 2 aromatic heterocycles. The molecular formula is C25H26N4O2. The second-order valence-corrected chi connectivity index (χ2v) is 7.94. The van der Waals surface area contributed by atoms with Crippen molar-refractivity contribution in [2.24, 2.45) is 0 Å². The van der Waals surface area contributed by atoms with E-state index in [9.17, 15) is 4.79 Å². The number of aromatic nitrogens is 2. The summed E-state index contributed by atoms with van der Waals surface area (Å²) in [6, 6.07) is 22.2. The number of ether oxygens (including phenoxy) is 1. The highest BCUT2D eigenvalue weighted by Crippen LogP contribution is 2.27. The van der Waals surface area contributed by atoms with Crippen molar-refractivity contribution in [1.82, 2.24) is 14.9 Å². The smallest absolute Gasteiger partial charge is 0.249 e. The predicted molar refractivity (Wildman–Crippen MR) is 125 cm³/mol. The first-order chi connectivity index (χ1) is 15.3. The number of pyridine rings is 2. The van der Waals surface area contributed by atoms with Crippen LogP contribution in [0.15, 0.2) is 71.5 Å². The molecule has 0 atom stereocenters. The summed E-state index contributed by atoms with van der Waals surface area (Å²) in [7, 11) is 0. The average Bonchev–Trinajstić information content (AvgIpc) is 2.81. The fraction of sp³-hybridized carbons (Fsp3) is 0.280. The maximum absolute atomic E-state index is 11.5. The number of hydrogen-bond donors (Lipinski definition) is 1. The van der Waals surface area contributed by atoms with E-state index in [-0.39, 0.29) is 5.56 Å². The van der Waals surface area contributed by atoms with Gasteiger partial charge < -0.3 is 14.6 Å². The Kier molecular flexibility index (Phi) is 5.54. The van der Waals surface area contributed by atoms with Crippen molar-refractivity contribution < 1.29 is 4.74 Å². The number of anilines is 1. The van der Waals surface area contributed by atoms with Gasteiger partial charge in [-0.05, 0) is 30.0 Å². The molecule has 5 rings (SSSR count). The van der Waals surface area contributed by atoms with Gasteiger partial charge in [-0.3, -0.25) is 9.69 Å². The Bertz CT molecular complexity index is 1240. The van der Waals surface area contributed by atoms with Gasteiger partial charge in [0.2, 0.25) is 11.4 Å². The van der Waals surface area contributed by atoms with E-state index in [0.29, 0.717) is 18.1 Å². The number of fused-ring (bicyclic) bond motifs is 2. The van der Waals surface area contributed by atoms with Crippen molar-refractivity contribution in [3.8, 4) is 5.88 Å². The molecule has 1 fully saturated rings. The third-order valence-corrected chi connectivity index (χ3v) is 5.90. The summed E-state index contributed by atoms with van der Waals surface area (Å²) in [5.74, 6) is 0.551. The van der Waals surface area contributed by atoms with E-state index >= 15 is 0 Å². The lowest BCUT2D eigenvalue weighted by atomic mass is 10.1. The minimum atomic E-state index is -0.153. The molecule has 0 bridgehead atoms. The Morgan fingerprint density at radius 3 is 2.58 bits per heavy atom. The van der Waals surface area contributed by atoms with E-state index < -0.39 is 0 Å². The van der Waals surface area contributed by atoms with E-state index in [0.717, 1.165) is 44.5 Å². The van der Waals surface area contributed by atoms with Gasteiger partial charge >= 0.3 is 0 Å². The van der Waals surface area contributed by atoms with Crippen molar-refractivity contribution in [2.45, 2.75) is 6.42 Å². The van der Waals surface area contributed by atoms with Crippen LogP contribution < -0.4 is 15.2 Å². The highest BCUT2D eigenvalue weighted by molar-refractivity contribution is 5.94. The molecular weight excluding hydrogens is 388 g/mol. The molecule has 1 saturated heterocycles. The topological polar surface area (TPSA) is 61.5 Å². The predicted octanol–water partition coefficient (Wildman–Crippen LogP) is 3.67. The molecule has 0 unspecified atom stereocenters. The van der Waals surface area contributed by atoms with Crippen LogP contribution in [0.3, 0.4) is 0 Å². The number of nitrogens with zero attached hydrogens (tertiary/aromatic N) is 3. The van der Waals surface area contributed by atoms with Crippen molar-refractivity contribution in [3.63, 3.8) is 0 Å². The zero-order valence-corrected chi connectivity index (χ0v) is 17.5. The van der Waals surface area contributed by atoms with E-state index in [4.69, 9.17) is 4.74 Å². The summed E-state index contributed by atoms with van der Waals surface area (Å²) in [4.78, 5) is 23.6. The minimum absolute atomic E-state index is 0.153. The number of piperazine rings is 1. The monoisotopic (exact) mass is 414 g/mol. The lowest BCUT2D eigenvalue weighted by molar-refractivity contribution is 0.222. The SMILES string of the molecule is O=c1ccc2ccc(OCCCN3CCN(c4cccc5ccccc45)CC3)nc2[nH]1. The molecule has 6 heteroatoms. The number of hydrogen-bond acceptors (Lipinski definition) is 5. The van der Waals surface area contributed by atoms with Gasteiger partial charge in [0, 0.05) is 61.3 Å². The Labute approximate surface area is 181 Å². The Balaban J connectivity index is 1.11. The van der Waals surface area contributed by atoms with E-state index in [1.165, 1.54) is 22.5 Å².